The van der Waals surface area contributed by atoms with Crippen LogP contribution in [0.4, 0.5) is 0 Å². The minimum Gasteiger partial charge on any atom is -0.481 e. The number of ether oxygens (including phenoxy) is 1. The lowest BCUT2D eigenvalue weighted by Crippen LogP contribution is -2.11. The van der Waals surface area contributed by atoms with Gasteiger partial charge in [0, 0.05) is 6.42 Å². The van der Waals surface area contributed by atoms with Crippen molar-refractivity contribution in [2.75, 3.05) is 7.11 Å². The molecule has 0 saturated heterocycles. The molecule has 4 heteroatoms. The van der Waals surface area contributed by atoms with Gasteiger partial charge in [-0.15, -0.1) is 0 Å². The highest BCUT2D eigenvalue weighted by Gasteiger charge is 2.13. The van der Waals surface area contributed by atoms with Gasteiger partial charge in [0.15, 0.2) is 0 Å². The van der Waals surface area contributed by atoms with Crippen molar-refractivity contribution in [3.8, 4) is 0 Å². The normalized spacial score (nSPS) is 14.3. The monoisotopic (exact) mass is 216 g/mol. The summed E-state index contributed by atoms with van der Waals surface area (Å²) in [5, 5.41) is 8.66. The fourth-order valence-electron chi connectivity index (χ4n) is 1.37. The number of carboxylic acids is 1. The smallest absolute Gasteiger partial charge is 0.306 e. The largest absolute Gasteiger partial charge is 0.481 e. The van der Waals surface area contributed by atoms with Crippen LogP contribution in [0.3, 0.4) is 0 Å². The van der Waals surface area contributed by atoms with Crippen molar-refractivity contribution in [1.82, 2.24) is 0 Å². The maximum atomic E-state index is 10.9. The molecule has 0 fully saturated rings. The van der Waals surface area contributed by atoms with Gasteiger partial charge in [0.1, 0.15) is 0 Å². The summed E-state index contributed by atoms with van der Waals surface area (Å²) in [6.07, 6.45) is 2.79. The van der Waals surface area contributed by atoms with Crippen molar-refractivity contribution in [3.05, 3.63) is 0 Å². The summed E-state index contributed by atoms with van der Waals surface area (Å²) in [6.45, 7) is 3.68. The Balaban J connectivity index is 3.59. The highest BCUT2D eigenvalue weighted by Crippen LogP contribution is 2.15. The number of hydrogen-bond donors (Lipinski definition) is 1. The summed E-state index contributed by atoms with van der Waals surface area (Å²) in [7, 11) is 1.38. The number of aliphatic carboxylic acids is 1. The van der Waals surface area contributed by atoms with E-state index in [1.165, 1.54) is 7.11 Å². The van der Waals surface area contributed by atoms with Gasteiger partial charge in [0.25, 0.3) is 0 Å². The van der Waals surface area contributed by atoms with Gasteiger partial charge in [0.2, 0.25) is 0 Å². The van der Waals surface area contributed by atoms with Crippen LogP contribution in [0, 0.1) is 11.8 Å². The van der Waals surface area contributed by atoms with E-state index in [0.29, 0.717) is 12.8 Å². The van der Waals surface area contributed by atoms with Gasteiger partial charge >= 0.3 is 11.9 Å². The van der Waals surface area contributed by atoms with Crippen LogP contribution in [0.2, 0.25) is 0 Å². The molecule has 2 unspecified atom stereocenters. The molecule has 15 heavy (non-hydrogen) atoms. The molecule has 88 valence electrons. The molecule has 0 aromatic heterocycles. The minimum absolute atomic E-state index is 0.200. The number of esters is 1. The Hall–Kier alpha value is -1.06. The van der Waals surface area contributed by atoms with E-state index in [1.807, 2.05) is 6.92 Å². The van der Waals surface area contributed by atoms with E-state index in [9.17, 15) is 9.59 Å². The zero-order valence-electron chi connectivity index (χ0n) is 9.66. The number of carbonyl (C=O) groups excluding carboxylic acids is 1. The highest BCUT2D eigenvalue weighted by molar-refractivity contribution is 5.69. The molecule has 0 bridgehead atoms. The number of hydrogen-bond acceptors (Lipinski definition) is 3. The first kappa shape index (κ1) is 13.9. The van der Waals surface area contributed by atoms with Gasteiger partial charge in [-0.25, -0.2) is 0 Å². The molecule has 0 amide bonds. The Kier molecular flexibility index (Phi) is 6.75. The van der Waals surface area contributed by atoms with Crippen molar-refractivity contribution in [2.24, 2.45) is 11.8 Å². The van der Waals surface area contributed by atoms with Gasteiger partial charge in [-0.1, -0.05) is 26.7 Å². The molecular weight excluding hydrogens is 196 g/mol. The Morgan fingerprint density at radius 1 is 1.27 bits per heavy atom. The molecule has 0 aliphatic heterocycles. The second-order valence-electron chi connectivity index (χ2n) is 4.06. The van der Waals surface area contributed by atoms with Crippen LogP contribution in [0.5, 0.6) is 0 Å². The predicted octanol–water partition coefficient (Wildman–Crippen LogP) is 2.08. The van der Waals surface area contributed by atoms with Crippen LogP contribution in [-0.2, 0) is 14.3 Å². The first-order valence-electron chi connectivity index (χ1n) is 5.27. The van der Waals surface area contributed by atoms with Gasteiger partial charge in [-0.2, -0.15) is 0 Å². The quantitative estimate of drug-likeness (QED) is 0.662. The van der Waals surface area contributed by atoms with E-state index in [4.69, 9.17) is 5.11 Å². The number of carboxylic acid groups (broad SMARTS) is 1. The average molecular weight is 216 g/mol. The van der Waals surface area contributed by atoms with Crippen LogP contribution < -0.4 is 0 Å². The second-order valence-corrected chi connectivity index (χ2v) is 4.06. The standard InChI is InChI=1S/C11H20O4/c1-8(7-10(12)15-3)5-4-6-9(2)11(13)14/h8-9H,4-7H2,1-3H3,(H,13,14). The SMILES string of the molecule is COC(=O)CC(C)CCCC(C)C(=O)O. The number of rotatable bonds is 7. The fraction of sp³-hybridized carbons (Fsp3) is 0.818. The zero-order valence-corrected chi connectivity index (χ0v) is 9.66. The third kappa shape index (κ3) is 6.94. The molecular formula is C11H20O4. The first-order valence-corrected chi connectivity index (χ1v) is 5.27. The third-order valence-corrected chi connectivity index (χ3v) is 2.50. The van der Waals surface area contributed by atoms with E-state index in [0.717, 1.165) is 12.8 Å². The van der Waals surface area contributed by atoms with E-state index in [2.05, 4.69) is 4.74 Å². The van der Waals surface area contributed by atoms with E-state index < -0.39 is 5.97 Å². The summed E-state index contributed by atoms with van der Waals surface area (Å²) in [5.41, 5.74) is 0. The highest BCUT2D eigenvalue weighted by atomic mass is 16.5. The summed E-state index contributed by atoms with van der Waals surface area (Å²) < 4.78 is 4.55. The van der Waals surface area contributed by atoms with Crippen LogP contribution in [0.15, 0.2) is 0 Å². The summed E-state index contributed by atoms with van der Waals surface area (Å²) in [6, 6.07) is 0. The third-order valence-electron chi connectivity index (χ3n) is 2.50. The molecule has 0 aliphatic carbocycles. The molecule has 0 radical (unpaired) electrons. The van der Waals surface area contributed by atoms with Gasteiger partial charge in [-0.05, 0) is 12.3 Å². The van der Waals surface area contributed by atoms with Gasteiger partial charge in [-0.3, -0.25) is 9.59 Å². The maximum absolute atomic E-state index is 10.9. The van der Waals surface area contributed by atoms with Crippen LogP contribution in [0.1, 0.15) is 39.5 Å². The minimum atomic E-state index is -0.754. The van der Waals surface area contributed by atoms with Crippen molar-refractivity contribution in [1.29, 1.82) is 0 Å². The average Bonchev–Trinajstić information content (AvgIpc) is 2.17. The first-order chi connectivity index (χ1) is 6.97. The Labute approximate surface area is 90.6 Å². The van der Waals surface area contributed by atoms with Crippen molar-refractivity contribution < 1.29 is 19.4 Å². The fourth-order valence-corrected chi connectivity index (χ4v) is 1.37. The lowest BCUT2D eigenvalue weighted by Gasteiger charge is -2.10. The Morgan fingerprint density at radius 2 is 1.87 bits per heavy atom. The summed E-state index contributed by atoms with van der Waals surface area (Å²) in [5.74, 6) is -0.988. The van der Waals surface area contributed by atoms with E-state index in [1.54, 1.807) is 6.92 Å². The maximum Gasteiger partial charge on any atom is 0.306 e. The van der Waals surface area contributed by atoms with Crippen molar-refractivity contribution in [3.63, 3.8) is 0 Å². The van der Waals surface area contributed by atoms with E-state index >= 15 is 0 Å². The van der Waals surface area contributed by atoms with Crippen molar-refractivity contribution in [2.45, 2.75) is 39.5 Å². The van der Waals surface area contributed by atoms with E-state index in [-0.39, 0.29) is 17.8 Å². The summed E-state index contributed by atoms with van der Waals surface area (Å²) in [4.78, 5) is 21.4. The number of carbonyl (C=O) groups is 2. The lowest BCUT2D eigenvalue weighted by molar-refractivity contribution is -0.142. The Bertz CT molecular complexity index is 213. The number of methoxy groups -OCH3 is 1. The van der Waals surface area contributed by atoms with Gasteiger partial charge in [0.05, 0.1) is 13.0 Å². The van der Waals surface area contributed by atoms with Gasteiger partial charge < -0.3 is 9.84 Å². The second kappa shape index (κ2) is 7.26. The lowest BCUT2D eigenvalue weighted by atomic mass is 9.97. The van der Waals surface area contributed by atoms with Crippen LogP contribution in [-0.4, -0.2) is 24.2 Å². The predicted molar refractivity (Wildman–Crippen MR) is 56.4 cm³/mol. The Morgan fingerprint density at radius 3 is 2.33 bits per heavy atom. The van der Waals surface area contributed by atoms with Crippen LogP contribution in [0.25, 0.3) is 0 Å². The molecule has 2 atom stereocenters. The molecule has 0 heterocycles. The summed E-state index contributed by atoms with van der Waals surface area (Å²) >= 11 is 0. The molecule has 0 aromatic rings. The molecule has 1 N–H and O–H groups in total. The molecule has 0 rings (SSSR count). The molecule has 0 saturated carbocycles. The van der Waals surface area contributed by atoms with Crippen LogP contribution >= 0.6 is 0 Å². The molecule has 0 spiro atoms. The molecule has 0 aromatic carbocycles. The molecule has 4 nitrogen and oxygen atoms in total. The topological polar surface area (TPSA) is 63.6 Å². The zero-order chi connectivity index (χ0) is 11.8. The van der Waals surface area contributed by atoms with Crippen molar-refractivity contribution >= 4 is 11.9 Å². The molecule has 0 aliphatic rings.